The van der Waals surface area contributed by atoms with Gasteiger partial charge in [-0.3, -0.25) is 19.2 Å². The number of aliphatic hydroxyl groups excluding tert-OH is 1. The van der Waals surface area contributed by atoms with Crippen LogP contribution < -0.4 is 0 Å². The number of hydrogen-bond donors (Lipinski definition) is 2. The lowest BCUT2D eigenvalue weighted by molar-refractivity contribution is -0.265. The molecule has 0 aromatic carbocycles. The third-order valence-electron chi connectivity index (χ3n) is 14.9. The number of methoxy groups -OCH3 is 3. The van der Waals surface area contributed by atoms with Crippen LogP contribution in [0.1, 0.15) is 132 Å². The maximum absolute atomic E-state index is 14.4. The topological polar surface area (TPSA) is 175 Å². The van der Waals surface area contributed by atoms with Gasteiger partial charge in [0.25, 0.3) is 11.7 Å². The number of amides is 1. The average Bonchev–Trinajstić information content (AvgIpc) is 3.28. The van der Waals surface area contributed by atoms with Crippen LogP contribution in [0.2, 0.25) is 0 Å². The molecule has 15 atom stereocenters. The molecule has 366 valence electrons. The van der Waals surface area contributed by atoms with E-state index >= 15 is 0 Å². The zero-order chi connectivity index (χ0) is 48.2. The van der Waals surface area contributed by atoms with E-state index in [-0.39, 0.29) is 66.6 Å². The van der Waals surface area contributed by atoms with Crippen LogP contribution in [0.3, 0.4) is 0 Å². The summed E-state index contributed by atoms with van der Waals surface area (Å²) in [6.07, 6.45) is 14.0. The van der Waals surface area contributed by atoms with Crippen LogP contribution in [-0.2, 0) is 47.7 Å². The number of nitrogens with zero attached hydrogens (tertiary/aromatic N) is 1. The predicted molar refractivity (Wildman–Crippen MR) is 248 cm³/mol. The van der Waals surface area contributed by atoms with Crippen molar-refractivity contribution in [2.75, 3.05) is 27.9 Å². The highest BCUT2D eigenvalue weighted by Crippen LogP contribution is 2.38. The second kappa shape index (κ2) is 25.2. The first-order chi connectivity index (χ1) is 30.7. The first-order valence-electron chi connectivity index (χ1n) is 24.2. The maximum Gasteiger partial charge on any atom is 0.329 e. The Bertz CT molecular complexity index is 1750. The fraction of sp³-hybridized carbons (Fsp3) is 0.750. The lowest BCUT2D eigenvalue weighted by atomic mass is 9.78. The highest BCUT2D eigenvalue weighted by atomic mass is 16.6. The quantitative estimate of drug-likeness (QED) is 0.153. The van der Waals surface area contributed by atoms with Gasteiger partial charge in [0.2, 0.25) is 5.79 Å². The van der Waals surface area contributed by atoms with Gasteiger partial charge in [0.1, 0.15) is 24.0 Å². The van der Waals surface area contributed by atoms with E-state index in [1.807, 2.05) is 65.0 Å². The lowest BCUT2D eigenvalue weighted by Crippen LogP contribution is -2.61. The van der Waals surface area contributed by atoms with Crippen LogP contribution in [0.15, 0.2) is 47.6 Å². The molecule has 2 bridgehead atoms. The largest absolute Gasteiger partial charge is 0.460 e. The summed E-state index contributed by atoms with van der Waals surface area (Å²) in [5.74, 6) is -7.31. The Morgan fingerprint density at radius 2 is 1.57 bits per heavy atom. The standard InChI is InChI=1S/C52H81NO12/c1-31-17-13-12-14-18-32(2)44(61-9)29-40-22-20-37(7)52(60,65-40)49(57)50(58)53-24-16-15-19-41(53)51(59)64-45(35(5)27-39-21-23-42(54)46(28-39)62-10)30-43(55)34(4)26-33(3)38(8)48(63-11)47(56)36(6)25-31/h12-14,17-18,26,31,34-42,44-46,48,54,60H,15-16,19-25,27-30H2,1-11H3/b14-12?,17-13+,32-18?,33-26+/t31-,34-,35-,36-,37-,38-,39+,40+,41+,42-,44+,45+,46-,48-,52-/m1/s1. The lowest BCUT2D eigenvalue weighted by Gasteiger charge is -2.42. The van der Waals surface area contributed by atoms with Gasteiger partial charge in [-0.2, -0.15) is 0 Å². The van der Waals surface area contributed by atoms with Gasteiger partial charge in [-0.25, -0.2) is 4.79 Å². The molecule has 0 aromatic heterocycles. The number of carbonyl (C=O) groups excluding carboxylic acids is 5. The molecule has 4 rings (SSSR count). The first kappa shape index (κ1) is 54.3. The third kappa shape index (κ3) is 14.3. The molecule has 3 aliphatic heterocycles. The van der Waals surface area contributed by atoms with Gasteiger partial charge in [-0.05, 0) is 101 Å². The van der Waals surface area contributed by atoms with Gasteiger partial charge in [0, 0.05) is 64.4 Å². The number of fused-ring (bicyclic) bond motifs is 3. The van der Waals surface area contributed by atoms with Gasteiger partial charge >= 0.3 is 5.97 Å². The zero-order valence-electron chi connectivity index (χ0n) is 41.2. The van der Waals surface area contributed by atoms with Gasteiger partial charge < -0.3 is 38.8 Å². The number of aliphatic hydroxyl groups is 2. The van der Waals surface area contributed by atoms with Gasteiger partial charge in [0.05, 0.1) is 24.4 Å². The van der Waals surface area contributed by atoms with Crippen molar-refractivity contribution < 1.29 is 57.9 Å². The van der Waals surface area contributed by atoms with Crippen molar-refractivity contribution in [3.8, 4) is 0 Å². The van der Waals surface area contributed by atoms with E-state index in [1.165, 1.54) is 12.0 Å². The van der Waals surface area contributed by atoms with E-state index in [0.29, 0.717) is 57.8 Å². The van der Waals surface area contributed by atoms with E-state index in [4.69, 9.17) is 23.7 Å². The first-order valence-corrected chi connectivity index (χ1v) is 24.2. The highest BCUT2D eigenvalue weighted by Gasteiger charge is 2.53. The van der Waals surface area contributed by atoms with E-state index in [2.05, 4.69) is 13.0 Å². The number of esters is 1. The number of rotatable bonds is 6. The minimum atomic E-state index is -2.41. The summed E-state index contributed by atoms with van der Waals surface area (Å²) in [4.78, 5) is 72.1. The number of carbonyl (C=O) groups is 5. The molecule has 0 unspecified atom stereocenters. The minimum Gasteiger partial charge on any atom is -0.460 e. The Morgan fingerprint density at radius 3 is 2.25 bits per heavy atom. The molecule has 0 radical (unpaired) electrons. The van der Waals surface area contributed by atoms with E-state index < -0.39 is 71.8 Å². The number of cyclic esters (lactones) is 1. The van der Waals surface area contributed by atoms with Crippen molar-refractivity contribution in [1.82, 2.24) is 4.90 Å². The summed E-state index contributed by atoms with van der Waals surface area (Å²) < 4.78 is 29.7. The Balaban J connectivity index is 1.70. The molecule has 1 aliphatic carbocycles. The van der Waals surface area contributed by atoms with Crippen LogP contribution in [0.25, 0.3) is 0 Å². The zero-order valence-corrected chi connectivity index (χ0v) is 41.2. The smallest absolute Gasteiger partial charge is 0.329 e. The van der Waals surface area contributed by atoms with Crippen LogP contribution in [0.4, 0.5) is 0 Å². The molecule has 3 heterocycles. The summed E-state index contributed by atoms with van der Waals surface area (Å²) in [5.41, 5.74) is 1.73. The second-order valence-electron chi connectivity index (χ2n) is 19.9. The Labute approximate surface area is 388 Å². The third-order valence-corrected chi connectivity index (χ3v) is 14.9. The molecule has 0 spiro atoms. The summed E-state index contributed by atoms with van der Waals surface area (Å²) in [5, 5.41) is 22.4. The van der Waals surface area contributed by atoms with E-state index in [0.717, 1.165) is 17.6 Å². The van der Waals surface area contributed by atoms with Crippen molar-refractivity contribution in [2.45, 2.75) is 181 Å². The summed E-state index contributed by atoms with van der Waals surface area (Å²) in [6, 6.07) is -1.11. The molecule has 2 saturated heterocycles. The van der Waals surface area contributed by atoms with Crippen LogP contribution in [-0.4, -0.2) is 121 Å². The number of piperidine rings is 1. The van der Waals surface area contributed by atoms with Gasteiger partial charge in [0.15, 0.2) is 5.78 Å². The number of ether oxygens (including phenoxy) is 5. The number of allylic oxidation sites excluding steroid dienone is 6. The minimum absolute atomic E-state index is 0.00540. The van der Waals surface area contributed by atoms with Crippen molar-refractivity contribution >= 4 is 29.2 Å². The molecule has 3 fully saturated rings. The molecule has 1 amide bonds. The molecular weight excluding hydrogens is 831 g/mol. The molecule has 1 saturated carbocycles. The Morgan fingerprint density at radius 1 is 0.846 bits per heavy atom. The van der Waals surface area contributed by atoms with Crippen LogP contribution >= 0.6 is 0 Å². The van der Waals surface area contributed by atoms with E-state index in [9.17, 15) is 34.2 Å². The molecule has 2 N–H and O–H groups in total. The van der Waals surface area contributed by atoms with Crippen molar-refractivity contribution in [3.63, 3.8) is 0 Å². The van der Waals surface area contributed by atoms with Crippen molar-refractivity contribution in [1.29, 1.82) is 0 Å². The van der Waals surface area contributed by atoms with E-state index in [1.54, 1.807) is 28.1 Å². The van der Waals surface area contributed by atoms with Crippen LogP contribution in [0, 0.1) is 41.4 Å². The molecule has 4 aliphatic rings. The number of hydrogen-bond acceptors (Lipinski definition) is 12. The molecule has 13 nitrogen and oxygen atoms in total. The molecule has 13 heteroatoms. The maximum atomic E-state index is 14.4. The Hall–Kier alpha value is -3.33. The fourth-order valence-electron chi connectivity index (χ4n) is 10.3. The second-order valence-corrected chi connectivity index (χ2v) is 19.9. The molecule has 0 aromatic rings. The SMILES string of the molecule is CO[C@H]1C[C@@H]2CC[C@@H](C)[C@@](O)(O2)C(=O)C(=O)N2CCCC[C@H]2C(=O)O[C@H]([C@H](C)C[C@@H]2CC[C@@H](O)[C@H](OC)C2)CC(=O)[C@H](C)/C=C(\C)[C@@H](C)[C@@H](OC)C(=O)[C@H](C)C[C@H](C)/C=C/C=CC=C1C. The van der Waals surface area contributed by atoms with Gasteiger partial charge in [-0.15, -0.1) is 0 Å². The van der Waals surface area contributed by atoms with Crippen molar-refractivity contribution in [3.05, 3.63) is 47.6 Å². The van der Waals surface area contributed by atoms with Gasteiger partial charge in [-0.1, -0.05) is 83.6 Å². The van der Waals surface area contributed by atoms with Crippen LogP contribution in [0.5, 0.6) is 0 Å². The normalized spacial score (nSPS) is 39.1. The Kier molecular flexibility index (Phi) is 21.0. The monoisotopic (exact) mass is 912 g/mol. The predicted octanol–water partition coefficient (Wildman–Crippen LogP) is 7.46. The van der Waals surface area contributed by atoms with Crippen molar-refractivity contribution in [2.24, 2.45) is 41.4 Å². The fourth-order valence-corrected chi connectivity index (χ4v) is 10.3. The summed E-state index contributed by atoms with van der Waals surface area (Å²) in [6.45, 7) is 15.3. The number of Topliss-reactive ketones (excluding diaryl/α,β-unsaturated/α-hetero) is 3. The molecular formula is C52H81NO12. The highest BCUT2D eigenvalue weighted by molar-refractivity contribution is 6.39. The summed E-state index contributed by atoms with van der Waals surface area (Å²) in [7, 11) is 4.71. The summed E-state index contributed by atoms with van der Waals surface area (Å²) >= 11 is 0. The number of ketones is 3. The average molecular weight is 912 g/mol. The molecule has 65 heavy (non-hydrogen) atoms.